The molecule has 0 atom stereocenters. The van der Waals surface area contributed by atoms with Crippen molar-refractivity contribution in [2.75, 3.05) is 19.2 Å². The summed E-state index contributed by atoms with van der Waals surface area (Å²) in [6, 6.07) is 15.2. The second-order valence-electron chi connectivity index (χ2n) is 7.91. The fourth-order valence-electron chi connectivity index (χ4n) is 3.85. The molecule has 1 amide bonds. The summed E-state index contributed by atoms with van der Waals surface area (Å²) in [6.07, 6.45) is 1.17. The van der Waals surface area contributed by atoms with Crippen LogP contribution in [0.25, 0.3) is 10.9 Å². The summed E-state index contributed by atoms with van der Waals surface area (Å²) in [5.41, 5.74) is 0.132. The normalized spacial score (nSPS) is 12.5. The van der Waals surface area contributed by atoms with E-state index in [-0.39, 0.29) is 23.6 Å². The van der Waals surface area contributed by atoms with Crippen LogP contribution in [0.2, 0.25) is 5.02 Å². The Morgan fingerprint density at radius 3 is 2.39 bits per heavy atom. The van der Waals surface area contributed by atoms with Crippen LogP contribution in [0, 0.1) is 0 Å². The number of carbonyl (C=O) groups excluding carboxylic acids is 1. The van der Waals surface area contributed by atoms with Gasteiger partial charge in [0.05, 0.1) is 22.9 Å². The topological polar surface area (TPSA) is 113 Å². The van der Waals surface area contributed by atoms with Gasteiger partial charge in [-0.1, -0.05) is 11.6 Å². The zero-order valence-electron chi connectivity index (χ0n) is 18.9. The standard InChI is InChI=1S/C25H19ClN2O7S/c1-33-17-6-4-16(5-7-17)27-24(29)13-28-12-23(36(31,32)18-8-2-15(26)3-9-18)25(30)19-10-21-22(11-20(19)28)35-14-34-21/h2-12H,13-14H2,1H3,(H,27,29). The average Bonchev–Trinajstić information content (AvgIpc) is 3.33. The van der Waals surface area contributed by atoms with E-state index in [1.165, 1.54) is 48.2 Å². The van der Waals surface area contributed by atoms with Crippen molar-refractivity contribution in [3.8, 4) is 17.2 Å². The Kier molecular flexibility index (Phi) is 6.07. The molecule has 1 aliphatic heterocycles. The lowest BCUT2D eigenvalue weighted by atomic mass is 10.2. The Bertz CT molecular complexity index is 1650. The minimum Gasteiger partial charge on any atom is -0.497 e. The van der Waals surface area contributed by atoms with Crippen LogP contribution in [0.15, 0.2) is 81.4 Å². The first kappa shape index (κ1) is 23.7. The number of rotatable bonds is 6. The maximum absolute atomic E-state index is 13.4. The highest BCUT2D eigenvalue weighted by Gasteiger charge is 2.26. The molecule has 11 heteroatoms. The lowest BCUT2D eigenvalue weighted by molar-refractivity contribution is -0.116. The first-order valence-corrected chi connectivity index (χ1v) is 12.5. The number of sulfone groups is 1. The minimum absolute atomic E-state index is 0.0340. The van der Waals surface area contributed by atoms with Crippen LogP contribution in [-0.2, 0) is 21.2 Å². The van der Waals surface area contributed by atoms with Crippen LogP contribution >= 0.6 is 11.6 Å². The highest BCUT2D eigenvalue weighted by atomic mass is 35.5. The molecule has 0 aliphatic carbocycles. The van der Waals surface area contributed by atoms with Crippen molar-refractivity contribution < 1.29 is 27.4 Å². The number of aromatic nitrogens is 1. The minimum atomic E-state index is -4.23. The van der Waals surface area contributed by atoms with Gasteiger partial charge in [-0.3, -0.25) is 9.59 Å². The lowest BCUT2D eigenvalue weighted by Gasteiger charge is -2.15. The second-order valence-corrected chi connectivity index (χ2v) is 10.3. The fourth-order valence-corrected chi connectivity index (χ4v) is 5.34. The van der Waals surface area contributed by atoms with Gasteiger partial charge in [-0.25, -0.2) is 8.42 Å². The summed E-state index contributed by atoms with van der Waals surface area (Å²) < 4.78 is 44.1. The molecule has 0 bridgehead atoms. The fraction of sp³-hybridized carbons (Fsp3) is 0.120. The molecule has 36 heavy (non-hydrogen) atoms. The molecule has 0 fully saturated rings. The van der Waals surface area contributed by atoms with E-state index >= 15 is 0 Å². The van der Waals surface area contributed by atoms with Gasteiger partial charge in [-0.2, -0.15) is 0 Å². The Morgan fingerprint density at radius 2 is 1.72 bits per heavy atom. The molecular formula is C25H19ClN2O7S. The number of nitrogens with one attached hydrogen (secondary N) is 1. The SMILES string of the molecule is COc1ccc(NC(=O)Cn2cc(S(=O)(=O)c3ccc(Cl)cc3)c(=O)c3cc4c(cc32)OCO4)cc1. The molecule has 0 unspecified atom stereocenters. The first-order chi connectivity index (χ1) is 17.3. The van der Waals surface area contributed by atoms with Gasteiger partial charge in [-0.15, -0.1) is 0 Å². The summed E-state index contributed by atoms with van der Waals surface area (Å²) in [5.74, 6) is 0.902. The molecule has 3 aromatic carbocycles. The third-order valence-electron chi connectivity index (χ3n) is 5.64. The summed E-state index contributed by atoms with van der Waals surface area (Å²) in [6.45, 7) is -0.306. The van der Waals surface area contributed by atoms with Crippen molar-refractivity contribution in [1.82, 2.24) is 4.57 Å². The van der Waals surface area contributed by atoms with Crippen LogP contribution in [0.5, 0.6) is 17.2 Å². The zero-order chi connectivity index (χ0) is 25.4. The number of amides is 1. The van der Waals surface area contributed by atoms with E-state index in [2.05, 4.69) is 5.32 Å². The number of fused-ring (bicyclic) bond motifs is 2. The van der Waals surface area contributed by atoms with Gasteiger partial charge in [0.15, 0.2) is 11.5 Å². The predicted molar refractivity (Wildman–Crippen MR) is 133 cm³/mol. The Balaban J connectivity index is 1.60. The number of ether oxygens (including phenoxy) is 3. The van der Waals surface area contributed by atoms with Crippen LogP contribution in [0.1, 0.15) is 0 Å². The third-order valence-corrected chi connectivity index (χ3v) is 7.66. The van der Waals surface area contributed by atoms with Gasteiger partial charge in [-0.05, 0) is 54.6 Å². The maximum Gasteiger partial charge on any atom is 0.244 e. The van der Waals surface area contributed by atoms with E-state index in [1.54, 1.807) is 30.3 Å². The Morgan fingerprint density at radius 1 is 1.06 bits per heavy atom. The number of methoxy groups -OCH3 is 1. The van der Waals surface area contributed by atoms with E-state index in [4.69, 9.17) is 25.8 Å². The molecule has 0 saturated heterocycles. The number of carbonyl (C=O) groups is 1. The quantitative estimate of drug-likeness (QED) is 0.406. The Hall–Kier alpha value is -4.02. The summed E-state index contributed by atoms with van der Waals surface area (Å²) in [7, 11) is -2.69. The summed E-state index contributed by atoms with van der Waals surface area (Å²) >= 11 is 5.90. The monoisotopic (exact) mass is 526 g/mol. The molecule has 0 radical (unpaired) electrons. The summed E-state index contributed by atoms with van der Waals surface area (Å²) in [5, 5.41) is 3.19. The van der Waals surface area contributed by atoms with Crippen molar-refractivity contribution in [3.05, 3.63) is 82.1 Å². The predicted octanol–water partition coefficient (Wildman–Crippen LogP) is 3.86. The molecule has 184 valence electrons. The number of nitrogens with zero attached hydrogens (tertiary/aromatic N) is 1. The highest BCUT2D eigenvalue weighted by Crippen LogP contribution is 2.36. The lowest BCUT2D eigenvalue weighted by Crippen LogP contribution is -2.24. The smallest absolute Gasteiger partial charge is 0.244 e. The maximum atomic E-state index is 13.4. The Labute approximate surface area is 210 Å². The third kappa shape index (κ3) is 4.36. The van der Waals surface area contributed by atoms with Gasteiger partial charge in [0, 0.05) is 23.0 Å². The molecule has 1 aromatic heterocycles. The molecule has 1 N–H and O–H groups in total. The van der Waals surface area contributed by atoms with Gasteiger partial charge >= 0.3 is 0 Å². The molecule has 1 aliphatic rings. The second kappa shape index (κ2) is 9.21. The van der Waals surface area contributed by atoms with Crippen molar-refractivity contribution >= 4 is 43.9 Å². The van der Waals surface area contributed by atoms with Crippen molar-refractivity contribution in [2.24, 2.45) is 0 Å². The van der Waals surface area contributed by atoms with Crippen molar-refractivity contribution in [3.63, 3.8) is 0 Å². The number of halogens is 1. The molecule has 5 rings (SSSR count). The van der Waals surface area contributed by atoms with Crippen LogP contribution < -0.4 is 25.0 Å². The number of benzene rings is 3. The van der Waals surface area contributed by atoms with E-state index in [0.29, 0.717) is 33.5 Å². The van der Waals surface area contributed by atoms with E-state index in [1.807, 2.05) is 0 Å². The van der Waals surface area contributed by atoms with E-state index in [0.717, 1.165) is 0 Å². The van der Waals surface area contributed by atoms with Crippen molar-refractivity contribution in [1.29, 1.82) is 0 Å². The van der Waals surface area contributed by atoms with Gasteiger partial charge < -0.3 is 24.1 Å². The molecule has 2 heterocycles. The van der Waals surface area contributed by atoms with Crippen LogP contribution in [0.3, 0.4) is 0 Å². The molecule has 9 nitrogen and oxygen atoms in total. The number of hydrogen-bond acceptors (Lipinski definition) is 7. The van der Waals surface area contributed by atoms with Crippen molar-refractivity contribution in [2.45, 2.75) is 16.3 Å². The molecule has 0 spiro atoms. The first-order valence-electron chi connectivity index (χ1n) is 10.7. The zero-order valence-corrected chi connectivity index (χ0v) is 20.4. The molecule has 0 saturated carbocycles. The molecule has 4 aromatic rings. The van der Waals surface area contributed by atoms with Crippen LogP contribution in [-0.4, -0.2) is 32.8 Å². The largest absolute Gasteiger partial charge is 0.497 e. The van der Waals surface area contributed by atoms with Gasteiger partial charge in [0.25, 0.3) is 0 Å². The number of hydrogen-bond donors (Lipinski definition) is 1. The van der Waals surface area contributed by atoms with Gasteiger partial charge in [0.1, 0.15) is 17.2 Å². The molecular weight excluding hydrogens is 508 g/mol. The highest BCUT2D eigenvalue weighted by molar-refractivity contribution is 7.91. The average molecular weight is 527 g/mol. The number of pyridine rings is 1. The number of anilines is 1. The van der Waals surface area contributed by atoms with Gasteiger partial charge in [0.2, 0.25) is 28.0 Å². The summed E-state index contributed by atoms with van der Waals surface area (Å²) in [4.78, 5) is 25.7. The van der Waals surface area contributed by atoms with E-state index in [9.17, 15) is 18.0 Å². The van der Waals surface area contributed by atoms with E-state index < -0.39 is 26.1 Å². The van der Waals surface area contributed by atoms with Crippen LogP contribution in [0.4, 0.5) is 5.69 Å².